The fourth-order valence-electron chi connectivity index (χ4n) is 5.63. The van der Waals surface area contributed by atoms with E-state index in [1.54, 1.807) is 13.0 Å². The highest BCUT2D eigenvalue weighted by Crippen LogP contribution is 2.43. The second-order valence-corrected chi connectivity index (χ2v) is 10.4. The maximum Gasteiger partial charge on any atom is 0.303 e. The summed E-state index contributed by atoms with van der Waals surface area (Å²) in [6.45, 7) is 5.72. The molecule has 0 bridgehead atoms. The number of benzene rings is 1. The minimum atomic E-state index is -1.59. The molecule has 3 aliphatic rings. The Balaban J connectivity index is 1.77. The van der Waals surface area contributed by atoms with Gasteiger partial charge in [0.2, 0.25) is 12.4 Å². The Kier molecular flexibility index (Phi) is 9.12. The molecule has 2 aliphatic carbocycles. The number of aliphatic hydroxyl groups is 1. The van der Waals surface area contributed by atoms with Crippen LogP contribution in [0.1, 0.15) is 61.8 Å². The normalized spacial score (nSPS) is 30.2. The molecule has 4 rings (SSSR count). The van der Waals surface area contributed by atoms with E-state index >= 15 is 0 Å². The lowest BCUT2D eigenvalue weighted by atomic mass is 9.66. The first-order valence-electron chi connectivity index (χ1n) is 13.3. The molecule has 1 saturated heterocycles. The summed E-state index contributed by atoms with van der Waals surface area (Å²) in [6, 6.07) is 4.34. The van der Waals surface area contributed by atoms with Crippen LogP contribution < -0.4 is 4.74 Å². The molecule has 5 unspecified atom stereocenters. The third-order valence-electron chi connectivity index (χ3n) is 7.17. The quantitative estimate of drug-likeness (QED) is 0.275. The maximum absolute atomic E-state index is 13.8. The molecule has 1 N–H and O–H groups in total. The lowest BCUT2D eigenvalue weighted by Gasteiger charge is -2.44. The largest absolute Gasteiger partial charge is 0.463 e. The predicted molar refractivity (Wildman–Crippen MR) is 139 cm³/mol. The van der Waals surface area contributed by atoms with Crippen molar-refractivity contribution in [3.05, 3.63) is 41.0 Å². The molecule has 1 heterocycles. The van der Waals surface area contributed by atoms with Crippen molar-refractivity contribution in [2.75, 3.05) is 6.61 Å². The zero-order valence-corrected chi connectivity index (χ0v) is 23.7. The number of ketones is 2. The van der Waals surface area contributed by atoms with Crippen molar-refractivity contribution in [1.82, 2.24) is 0 Å². The maximum atomic E-state index is 13.8. The molecule has 0 saturated carbocycles. The third kappa shape index (κ3) is 6.36. The Bertz CT molecular complexity index is 1330. The number of allylic oxidation sites excluding steroid dienone is 1. The van der Waals surface area contributed by atoms with Gasteiger partial charge in [0.1, 0.15) is 18.5 Å². The monoisotopic (exact) mass is 588 g/mol. The van der Waals surface area contributed by atoms with Crippen LogP contribution in [0.3, 0.4) is 0 Å². The van der Waals surface area contributed by atoms with E-state index in [-0.39, 0.29) is 23.3 Å². The molecule has 1 aromatic carbocycles. The first kappa shape index (κ1) is 30.8. The Morgan fingerprint density at radius 3 is 2.12 bits per heavy atom. The van der Waals surface area contributed by atoms with Crippen LogP contribution in [0.15, 0.2) is 29.8 Å². The summed E-state index contributed by atoms with van der Waals surface area (Å²) >= 11 is 0. The third-order valence-corrected chi connectivity index (χ3v) is 7.17. The highest BCUT2D eigenvalue weighted by molar-refractivity contribution is 6.17. The van der Waals surface area contributed by atoms with Gasteiger partial charge in [-0.3, -0.25) is 28.8 Å². The molecule has 0 spiro atoms. The van der Waals surface area contributed by atoms with Crippen LogP contribution in [0.25, 0.3) is 0 Å². The zero-order chi connectivity index (χ0) is 30.9. The summed E-state index contributed by atoms with van der Waals surface area (Å²) < 4.78 is 33.4. The van der Waals surface area contributed by atoms with Crippen molar-refractivity contribution in [3.8, 4) is 5.75 Å². The summed E-state index contributed by atoms with van der Waals surface area (Å²) in [5.41, 5.74) is 0.751. The average molecular weight is 589 g/mol. The van der Waals surface area contributed by atoms with Crippen LogP contribution in [0.2, 0.25) is 0 Å². The van der Waals surface area contributed by atoms with Gasteiger partial charge >= 0.3 is 23.9 Å². The van der Waals surface area contributed by atoms with Gasteiger partial charge in [-0.2, -0.15) is 0 Å². The van der Waals surface area contributed by atoms with E-state index in [2.05, 4.69) is 0 Å². The van der Waals surface area contributed by atoms with Gasteiger partial charge in [0.25, 0.3) is 0 Å². The fourth-order valence-corrected chi connectivity index (χ4v) is 5.63. The summed E-state index contributed by atoms with van der Waals surface area (Å²) in [6.07, 6.45) is -6.53. The van der Waals surface area contributed by atoms with Crippen LogP contribution in [0.5, 0.6) is 5.75 Å². The summed E-state index contributed by atoms with van der Waals surface area (Å²) in [4.78, 5) is 75.0. The van der Waals surface area contributed by atoms with Crippen LogP contribution in [0.4, 0.5) is 0 Å². The topological polar surface area (TPSA) is 178 Å². The number of aliphatic hydroxyl groups excluding tert-OH is 1. The molecular weight excluding hydrogens is 556 g/mol. The number of fused-ring (bicyclic) bond motifs is 2. The minimum absolute atomic E-state index is 0.0383. The molecule has 1 aromatic rings. The number of ether oxygens (including phenoxy) is 6. The van der Waals surface area contributed by atoms with Crippen molar-refractivity contribution in [1.29, 1.82) is 0 Å². The van der Waals surface area contributed by atoms with Crippen molar-refractivity contribution in [2.45, 2.75) is 77.8 Å². The zero-order valence-electron chi connectivity index (χ0n) is 23.7. The number of hydrogen-bond donors (Lipinski definition) is 1. The van der Waals surface area contributed by atoms with Crippen molar-refractivity contribution in [2.24, 2.45) is 11.8 Å². The molecule has 226 valence electrons. The standard InChI is InChI=1S/C29H32O13/c1-12-9-18-22(19(34)10-12)24(35)17-7-6-8-20(23(17)25(18)36)41-29-28(40-16(5)33)27(39-15(4)32)26(38-14(3)31)21(42-29)11-37-13(2)30/h6-8,10,18-19,21-22,26-29,34H,9,11H2,1-5H3/t18-,19+,21?,22-,26?,27?,28?,29?/m1/s1. The Labute approximate surface area is 241 Å². The number of carbonyl (C=O) groups is 6. The predicted octanol–water partition coefficient (Wildman–Crippen LogP) is 1.47. The summed E-state index contributed by atoms with van der Waals surface area (Å²) in [7, 11) is 0. The number of hydrogen-bond acceptors (Lipinski definition) is 13. The fraction of sp³-hybridized carbons (Fsp3) is 0.517. The summed E-state index contributed by atoms with van der Waals surface area (Å²) in [5.74, 6) is -5.84. The van der Waals surface area contributed by atoms with Gasteiger partial charge in [0, 0.05) is 39.2 Å². The lowest BCUT2D eigenvalue weighted by Crippen LogP contribution is -2.63. The van der Waals surface area contributed by atoms with E-state index in [1.165, 1.54) is 18.2 Å². The van der Waals surface area contributed by atoms with Gasteiger partial charge in [0.05, 0.1) is 17.6 Å². The van der Waals surface area contributed by atoms with Crippen molar-refractivity contribution in [3.63, 3.8) is 0 Å². The SMILES string of the molecule is CC(=O)OCC1OC(Oc2cccc3c2C(=O)[C@@H]2CC(C)=C[C@H](O)[C@@H]2C3=O)C(OC(C)=O)C(OC(C)=O)C1OC(C)=O. The van der Waals surface area contributed by atoms with Gasteiger partial charge in [-0.1, -0.05) is 23.8 Å². The Hall–Kier alpha value is -4.10. The molecule has 8 atom stereocenters. The van der Waals surface area contributed by atoms with E-state index in [4.69, 9.17) is 28.4 Å². The van der Waals surface area contributed by atoms with Gasteiger partial charge in [-0.15, -0.1) is 0 Å². The highest BCUT2D eigenvalue weighted by atomic mass is 16.7. The number of carbonyl (C=O) groups excluding carboxylic acids is 6. The van der Waals surface area contributed by atoms with Crippen molar-refractivity contribution < 1.29 is 62.3 Å². The molecule has 13 heteroatoms. The number of rotatable bonds is 7. The molecule has 0 aromatic heterocycles. The number of esters is 4. The van der Waals surface area contributed by atoms with E-state index < -0.39 is 90.7 Å². The van der Waals surface area contributed by atoms with Crippen LogP contribution in [0, 0.1) is 11.8 Å². The molecule has 0 amide bonds. The average Bonchev–Trinajstić information content (AvgIpc) is 2.88. The second kappa shape index (κ2) is 12.4. The molecule has 13 nitrogen and oxygen atoms in total. The molecule has 1 aliphatic heterocycles. The van der Waals surface area contributed by atoms with E-state index in [1.807, 2.05) is 0 Å². The molecule has 0 radical (unpaired) electrons. The van der Waals surface area contributed by atoms with Crippen LogP contribution in [-0.2, 0) is 42.9 Å². The van der Waals surface area contributed by atoms with E-state index in [9.17, 15) is 33.9 Å². The second-order valence-electron chi connectivity index (χ2n) is 10.4. The first-order chi connectivity index (χ1) is 19.8. The van der Waals surface area contributed by atoms with Gasteiger partial charge in [-0.05, 0) is 19.4 Å². The van der Waals surface area contributed by atoms with Crippen LogP contribution in [-0.4, -0.2) is 84.0 Å². The molecule has 1 fully saturated rings. The Morgan fingerprint density at radius 2 is 1.50 bits per heavy atom. The van der Waals surface area contributed by atoms with Crippen molar-refractivity contribution >= 4 is 35.4 Å². The highest BCUT2D eigenvalue weighted by Gasteiger charge is 2.54. The Morgan fingerprint density at radius 1 is 0.881 bits per heavy atom. The smallest absolute Gasteiger partial charge is 0.303 e. The van der Waals surface area contributed by atoms with E-state index in [0.717, 1.165) is 33.3 Å². The minimum Gasteiger partial charge on any atom is -0.463 e. The van der Waals surface area contributed by atoms with E-state index in [0.29, 0.717) is 0 Å². The molecule has 42 heavy (non-hydrogen) atoms. The summed E-state index contributed by atoms with van der Waals surface area (Å²) in [5, 5.41) is 10.6. The molecular formula is C29H32O13. The number of Topliss-reactive ketones (excluding diaryl/α,β-unsaturated/α-hetero) is 2. The lowest BCUT2D eigenvalue weighted by molar-refractivity contribution is -0.288. The van der Waals surface area contributed by atoms with Gasteiger partial charge < -0.3 is 33.5 Å². The van der Waals surface area contributed by atoms with Crippen LogP contribution >= 0.6 is 0 Å². The first-order valence-corrected chi connectivity index (χ1v) is 13.3. The van der Waals surface area contributed by atoms with Gasteiger partial charge in [0.15, 0.2) is 23.8 Å². The van der Waals surface area contributed by atoms with Gasteiger partial charge in [-0.25, -0.2) is 0 Å².